The van der Waals surface area contributed by atoms with E-state index in [1.165, 1.54) is 0 Å². The van der Waals surface area contributed by atoms with Crippen LogP contribution in [-0.4, -0.2) is 57.4 Å². The quantitative estimate of drug-likeness (QED) is 0.787. The van der Waals surface area contributed by atoms with Crippen LogP contribution >= 0.6 is 0 Å². The van der Waals surface area contributed by atoms with Crippen LogP contribution in [0.15, 0.2) is 0 Å². The molecule has 6 heteroatoms. The van der Waals surface area contributed by atoms with Gasteiger partial charge in [0, 0.05) is 19.7 Å². The Morgan fingerprint density at radius 3 is 2.58 bits per heavy atom. The number of piperidine rings is 1. The summed E-state index contributed by atoms with van der Waals surface area (Å²) in [7, 11) is -3.12. The van der Waals surface area contributed by atoms with Crippen molar-refractivity contribution in [2.45, 2.75) is 38.7 Å². The SMILES string of the molecule is CCNCC1CCN(S(=O)(=O)CC2CCCO2)CC1. The molecule has 1 atom stereocenters. The zero-order valence-corrected chi connectivity index (χ0v) is 12.6. The molecule has 5 nitrogen and oxygen atoms in total. The maximum Gasteiger partial charge on any atom is 0.216 e. The van der Waals surface area contributed by atoms with Crippen LogP contribution in [0.2, 0.25) is 0 Å². The highest BCUT2D eigenvalue weighted by Gasteiger charge is 2.31. The van der Waals surface area contributed by atoms with Crippen LogP contribution in [0, 0.1) is 5.92 Å². The molecule has 2 aliphatic heterocycles. The Hall–Kier alpha value is -0.170. The van der Waals surface area contributed by atoms with Gasteiger partial charge in [-0.1, -0.05) is 6.92 Å². The van der Waals surface area contributed by atoms with E-state index in [0.717, 1.165) is 38.8 Å². The van der Waals surface area contributed by atoms with Crippen LogP contribution in [0.3, 0.4) is 0 Å². The number of nitrogens with one attached hydrogen (secondary N) is 1. The average molecular weight is 290 g/mol. The molecule has 112 valence electrons. The molecule has 0 saturated carbocycles. The highest BCUT2D eigenvalue weighted by molar-refractivity contribution is 7.89. The van der Waals surface area contributed by atoms with Gasteiger partial charge in [0.05, 0.1) is 11.9 Å². The summed E-state index contributed by atoms with van der Waals surface area (Å²) in [5.41, 5.74) is 0. The maximum atomic E-state index is 12.3. The lowest BCUT2D eigenvalue weighted by Crippen LogP contribution is -2.43. The smallest absolute Gasteiger partial charge is 0.216 e. The van der Waals surface area contributed by atoms with Crippen LogP contribution in [0.1, 0.15) is 32.6 Å². The van der Waals surface area contributed by atoms with Gasteiger partial charge in [0.15, 0.2) is 0 Å². The van der Waals surface area contributed by atoms with E-state index >= 15 is 0 Å². The molecule has 0 bridgehead atoms. The van der Waals surface area contributed by atoms with E-state index in [1.807, 2.05) is 0 Å². The van der Waals surface area contributed by atoms with Crippen LogP contribution in [-0.2, 0) is 14.8 Å². The van der Waals surface area contributed by atoms with Crippen LogP contribution in [0.5, 0.6) is 0 Å². The lowest BCUT2D eigenvalue weighted by atomic mass is 9.98. The third-order valence-electron chi connectivity index (χ3n) is 4.07. The molecule has 0 aromatic rings. The van der Waals surface area contributed by atoms with Crippen molar-refractivity contribution in [2.24, 2.45) is 5.92 Å². The molecule has 1 N–H and O–H groups in total. The highest BCUT2D eigenvalue weighted by Crippen LogP contribution is 2.22. The molecule has 2 aliphatic rings. The van der Waals surface area contributed by atoms with Gasteiger partial charge in [0.2, 0.25) is 10.0 Å². The van der Waals surface area contributed by atoms with E-state index in [4.69, 9.17) is 4.74 Å². The molecule has 2 fully saturated rings. The fraction of sp³-hybridized carbons (Fsp3) is 1.00. The van der Waals surface area contributed by atoms with E-state index in [9.17, 15) is 8.42 Å². The molecule has 19 heavy (non-hydrogen) atoms. The third-order valence-corrected chi connectivity index (χ3v) is 6.02. The van der Waals surface area contributed by atoms with Crippen molar-refractivity contribution in [3.8, 4) is 0 Å². The van der Waals surface area contributed by atoms with E-state index in [1.54, 1.807) is 4.31 Å². The Morgan fingerprint density at radius 2 is 2.00 bits per heavy atom. The molecule has 1 unspecified atom stereocenters. The van der Waals surface area contributed by atoms with E-state index in [2.05, 4.69) is 12.2 Å². The van der Waals surface area contributed by atoms with Crippen molar-refractivity contribution >= 4 is 10.0 Å². The van der Waals surface area contributed by atoms with Gasteiger partial charge in [-0.2, -0.15) is 0 Å². The minimum Gasteiger partial charge on any atom is -0.377 e. The van der Waals surface area contributed by atoms with Gasteiger partial charge in [-0.15, -0.1) is 0 Å². The predicted octanol–water partition coefficient (Wildman–Crippen LogP) is 0.817. The summed E-state index contributed by atoms with van der Waals surface area (Å²) in [5.74, 6) is 0.791. The first-order chi connectivity index (χ1) is 9.12. The highest BCUT2D eigenvalue weighted by atomic mass is 32.2. The number of hydrogen-bond donors (Lipinski definition) is 1. The number of ether oxygens (including phenoxy) is 1. The summed E-state index contributed by atoms with van der Waals surface area (Å²) in [6, 6.07) is 0. The van der Waals surface area contributed by atoms with Crippen LogP contribution in [0.25, 0.3) is 0 Å². The Bertz CT molecular complexity index is 358. The topological polar surface area (TPSA) is 58.6 Å². The van der Waals surface area contributed by atoms with Crippen molar-refractivity contribution < 1.29 is 13.2 Å². The normalized spacial score (nSPS) is 26.9. The molecule has 0 aliphatic carbocycles. The number of sulfonamides is 1. The van der Waals surface area contributed by atoms with E-state index in [0.29, 0.717) is 25.6 Å². The standard InChI is InChI=1S/C13H26N2O3S/c1-2-14-10-12-5-7-15(8-6-12)19(16,17)11-13-4-3-9-18-13/h12-14H,2-11H2,1H3. The molecule has 0 radical (unpaired) electrons. The number of rotatable bonds is 6. The van der Waals surface area contributed by atoms with Crippen molar-refractivity contribution in [1.29, 1.82) is 0 Å². The first-order valence-electron chi connectivity index (χ1n) is 7.42. The average Bonchev–Trinajstić information content (AvgIpc) is 2.89. The Kier molecular flexibility index (Phi) is 5.62. The Morgan fingerprint density at radius 1 is 1.26 bits per heavy atom. The van der Waals surface area contributed by atoms with E-state index < -0.39 is 10.0 Å². The van der Waals surface area contributed by atoms with Crippen molar-refractivity contribution in [2.75, 3.05) is 38.5 Å². The Balaban J connectivity index is 1.79. The van der Waals surface area contributed by atoms with Crippen LogP contribution < -0.4 is 5.32 Å². The summed E-state index contributed by atoms with van der Waals surface area (Å²) in [6.07, 6.45) is 3.74. The fourth-order valence-corrected chi connectivity index (χ4v) is 4.57. The van der Waals surface area contributed by atoms with Crippen LogP contribution in [0.4, 0.5) is 0 Å². The van der Waals surface area contributed by atoms with Gasteiger partial charge in [-0.05, 0) is 44.7 Å². The monoisotopic (exact) mass is 290 g/mol. The molecule has 0 amide bonds. The minimum atomic E-state index is -3.12. The van der Waals surface area contributed by atoms with Crippen molar-refractivity contribution in [1.82, 2.24) is 9.62 Å². The molecule has 2 saturated heterocycles. The predicted molar refractivity (Wildman–Crippen MR) is 75.6 cm³/mol. The van der Waals surface area contributed by atoms with Gasteiger partial charge >= 0.3 is 0 Å². The summed E-state index contributed by atoms with van der Waals surface area (Å²) in [6.45, 7) is 6.15. The molecule has 2 heterocycles. The third kappa shape index (κ3) is 4.41. The van der Waals surface area contributed by atoms with E-state index in [-0.39, 0.29) is 11.9 Å². The molecule has 0 aromatic carbocycles. The Labute approximate surface area is 116 Å². The first-order valence-corrected chi connectivity index (χ1v) is 9.03. The number of hydrogen-bond acceptors (Lipinski definition) is 4. The summed E-state index contributed by atoms with van der Waals surface area (Å²) < 4.78 is 31.7. The first kappa shape index (κ1) is 15.2. The van der Waals surface area contributed by atoms with Gasteiger partial charge in [-0.3, -0.25) is 0 Å². The fourth-order valence-electron chi connectivity index (χ4n) is 2.86. The lowest BCUT2D eigenvalue weighted by molar-refractivity contribution is 0.126. The van der Waals surface area contributed by atoms with Gasteiger partial charge in [0.25, 0.3) is 0 Å². The maximum absolute atomic E-state index is 12.3. The number of nitrogens with zero attached hydrogens (tertiary/aromatic N) is 1. The summed E-state index contributed by atoms with van der Waals surface area (Å²) >= 11 is 0. The molecule has 0 aromatic heterocycles. The van der Waals surface area contributed by atoms with Gasteiger partial charge in [-0.25, -0.2) is 12.7 Å². The second kappa shape index (κ2) is 7.02. The molecular weight excluding hydrogens is 264 g/mol. The molecule has 0 spiro atoms. The second-order valence-electron chi connectivity index (χ2n) is 5.56. The largest absolute Gasteiger partial charge is 0.377 e. The minimum absolute atomic E-state index is 0.0792. The zero-order chi connectivity index (χ0) is 13.7. The summed E-state index contributed by atoms with van der Waals surface area (Å²) in [4.78, 5) is 0. The molecular formula is C13H26N2O3S. The van der Waals surface area contributed by atoms with Gasteiger partial charge in [0.1, 0.15) is 0 Å². The lowest BCUT2D eigenvalue weighted by Gasteiger charge is -2.31. The second-order valence-corrected chi connectivity index (χ2v) is 7.58. The molecule has 2 rings (SSSR count). The summed E-state index contributed by atoms with van der Waals surface area (Å²) in [5, 5.41) is 3.34. The van der Waals surface area contributed by atoms with Gasteiger partial charge < -0.3 is 10.1 Å². The van der Waals surface area contributed by atoms with Crippen molar-refractivity contribution in [3.63, 3.8) is 0 Å². The zero-order valence-electron chi connectivity index (χ0n) is 11.8. The van der Waals surface area contributed by atoms with Crippen molar-refractivity contribution in [3.05, 3.63) is 0 Å².